The van der Waals surface area contributed by atoms with Gasteiger partial charge in [0.25, 0.3) is 15.9 Å². The summed E-state index contributed by atoms with van der Waals surface area (Å²) >= 11 is 6.18. The van der Waals surface area contributed by atoms with Crippen LogP contribution in [0.2, 0.25) is 5.02 Å². The fourth-order valence-electron chi connectivity index (χ4n) is 3.22. The van der Waals surface area contributed by atoms with Crippen molar-refractivity contribution >= 4 is 33.2 Å². The summed E-state index contributed by atoms with van der Waals surface area (Å²) in [6.07, 6.45) is 0.538. The molecule has 0 radical (unpaired) electrons. The van der Waals surface area contributed by atoms with E-state index in [1.165, 1.54) is 18.2 Å². The van der Waals surface area contributed by atoms with Crippen molar-refractivity contribution in [1.82, 2.24) is 5.32 Å². The van der Waals surface area contributed by atoms with Gasteiger partial charge in [0.2, 0.25) is 0 Å². The lowest BCUT2D eigenvalue weighted by molar-refractivity contribution is 0.0954. The second-order valence-electron chi connectivity index (χ2n) is 7.31. The van der Waals surface area contributed by atoms with Crippen molar-refractivity contribution in [2.24, 2.45) is 0 Å². The Morgan fingerprint density at radius 1 is 0.970 bits per heavy atom. The molecule has 0 aliphatic heterocycles. The van der Waals surface area contributed by atoms with E-state index >= 15 is 0 Å². The first-order valence-corrected chi connectivity index (χ1v) is 12.0. The van der Waals surface area contributed by atoms with Gasteiger partial charge in [-0.1, -0.05) is 29.8 Å². The molecule has 0 bridgehead atoms. The van der Waals surface area contributed by atoms with Crippen molar-refractivity contribution in [3.63, 3.8) is 0 Å². The number of ether oxygens (including phenoxy) is 2. The van der Waals surface area contributed by atoms with E-state index in [0.717, 1.165) is 11.1 Å². The van der Waals surface area contributed by atoms with E-state index in [-0.39, 0.29) is 15.5 Å². The fraction of sp³-hybridized carbons (Fsp3) is 0.208. The lowest BCUT2D eigenvalue weighted by Gasteiger charge is -2.12. The molecule has 7 nitrogen and oxygen atoms in total. The number of nitrogens with one attached hydrogen (secondary N) is 2. The number of amides is 1. The summed E-state index contributed by atoms with van der Waals surface area (Å²) in [5, 5.41) is 2.94. The van der Waals surface area contributed by atoms with Gasteiger partial charge < -0.3 is 14.8 Å². The monoisotopic (exact) mass is 488 g/mol. The number of aryl methyl sites for hydroxylation is 1. The van der Waals surface area contributed by atoms with Crippen LogP contribution in [-0.4, -0.2) is 35.1 Å². The first-order chi connectivity index (χ1) is 15.7. The summed E-state index contributed by atoms with van der Waals surface area (Å²) in [5.41, 5.74) is 2.38. The third-order valence-electron chi connectivity index (χ3n) is 4.91. The molecule has 9 heteroatoms. The van der Waals surface area contributed by atoms with Crippen LogP contribution in [0.1, 0.15) is 21.5 Å². The molecule has 174 valence electrons. The molecule has 0 aromatic heterocycles. The molecule has 0 aliphatic rings. The molecule has 0 atom stereocenters. The van der Waals surface area contributed by atoms with Crippen LogP contribution in [0.15, 0.2) is 65.6 Å². The SMILES string of the molecule is COc1ccc(CCNC(=O)c2cc(S(=O)(=O)Nc3cccc(C)c3)ccc2Cl)cc1OC. The van der Waals surface area contributed by atoms with E-state index in [4.69, 9.17) is 21.1 Å². The summed E-state index contributed by atoms with van der Waals surface area (Å²) in [6.45, 7) is 2.19. The van der Waals surface area contributed by atoms with Crippen LogP contribution in [0.3, 0.4) is 0 Å². The molecule has 0 unspecified atom stereocenters. The maximum absolute atomic E-state index is 12.8. The van der Waals surface area contributed by atoms with Crippen molar-refractivity contribution in [3.05, 3.63) is 82.4 Å². The zero-order valence-electron chi connectivity index (χ0n) is 18.5. The smallest absolute Gasteiger partial charge is 0.261 e. The summed E-state index contributed by atoms with van der Waals surface area (Å²) in [5.74, 6) is 0.755. The molecule has 1 amide bonds. The minimum Gasteiger partial charge on any atom is -0.493 e. The van der Waals surface area contributed by atoms with Crippen LogP contribution in [0.5, 0.6) is 11.5 Å². The van der Waals surface area contributed by atoms with E-state index in [0.29, 0.717) is 30.2 Å². The van der Waals surface area contributed by atoms with Gasteiger partial charge in [-0.15, -0.1) is 0 Å². The first kappa shape index (κ1) is 24.4. The van der Waals surface area contributed by atoms with E-state index in [1.807, 2.05) is 25.1 Å². The van der Waals surface area contributed by atoms with Gasteiger partial charge >= 0.3 is 0 Å². The molecule has 3 aromatic rings. The Morgan fingerprint density at radius 2 is 1.73 bits per heavy atom. The highest BCUT2D eigenvalue weighted by atomic mass is 35.5. The zero-order valence-corrected chi connectivity index (χ0v) is 20.1. The lowest BCUT2D eigenvalue weighted by atomic mass is 10.1. The van der Waals surface area contributed by atoms with Gasteiger partial charge in [-0.05, 0) is 66.9 Å². The Balaban J connectivity index is 1.70. The van der Waals surface area contributed by atoms with Crippen LogP contribution < -0.4 is 19.5 Å². The second kappa shape index (κ2) is 10.6. The van der Waals surface area contributed by atoms with E-state index in [2.05, 4.69) is 10.0 Å². The third-order valence-corrected chi connectivity index (χ3v) is 6.62. The number of hydrogen-bond acceptors (Lipinski definition) is 5. The number of halogens is 1. The number of benzene rings is 3. The van der Waals surface area contributed by atoms with Gasteiger partial charge in [0, 0.05) is 12.2 Å². The van der Waals surface area contributed by atoms with E-state index in [1.54, 1.807) is 38.5 Å². The van der Waals surface area contributed by atoms with Gasteiger partial charge in [0.15, 0.2) is 11.5 Å². The van der Waals surface area contributed by atoms with Gasteiger partial charge in [-0.3, -0.25) is 9.52 Å². The van der Waals surface area contributed by atoms with Crippen LogP contribution in [0, 0.1) is 6.92 Å². The normalized spacial score (nSPS) is 11.0. The molecular weight excluding hydrogens is 464 g/mol. The van der Waals surface area contributed by atoms with Gasteiger partial charge in [0.05, 0.1) is 29.7 Å². The van der Waals surface area contributed by atoms with Gasteiger partial charge in [-0.25, -0.2) is 8.42 Å². The number of carbonyl (C=O) groups excluding carboxylic acids is 1. The average Bonchev–Trinajstić information content (AvgIpc) is 2.78. The molecule has 3 rings (SSSR count). The topological polar surface area (TPSA) is 93.7 Å². The predicted octanol–water partition coefficient (Wildman–Crippen LogP) is 4.44. The van der Waals surface area contributed by atoms with Crippen molar-refractivity contribution in [2.45, 2.75) is 18.2 Å². The van der Waals surface area contributed by atoms with Crippen molar-refractivity contribution in [3.8, 4) is 11.5 Å². The highest BCUT2D eigenvalue weighted by molar-refractivity contribution is 7.92. The fourth-order valence-corrected chi connectivity index (χ4v) is 4.50. The van der Waals surface area contributed by atoms with Crippen LogP contribution in [0.25, 0.3) is 0 Å². The molecule has 0 fully saturated rings. The molecule has 0 saturated heterocycles. The molecule has 0 saturated carbocycles. The van der Waals surface area contributed by atoms with Crippen LogP contribution in [0.4, 0.5) is 5.69 Å². The summed E-state index contributed by atoms with van der Waals surface area (Å²) in [7, 11) is -0.778. The Morgan fingerprint density at radius 3 is 2.42 bits per heavy atom. The third kappa shape index (κ3) is 6.18. The first-order valence-electron chi connectivity index (χ1n) is 10.1. The number of carbonyl (C=O) groups is 1. The molecular formula is C24H25ClN2O5S. The molecule has 0 spiro atoms. The predicted molar refractivity (Wildman–Crippen MR) is 129 cm³/mol. The van der Waals surface area contributed by atoms with Crippen LogP contribution >= 0.6 is 11.6 Å². The molecule has 33 heavy (non-hydrogen) atoms. The number of sulfonamides is 1. The summed E-state index contributed by atoms with van der Waals surface area (Å²) in [4.78, 5) is 12.6. The summed E-state index contributed by atoms with van der Waals surface area (Å²) < 4.78 is 38.6. The van der Waals surface area contributed by atoms with E-state index < -0.39 is 15.9 Å². The second-order valence-corrected chi connectivity index (χ2v) is 9.40. The average molecular weight is 489 g/mol. The minimum absolute atomic E-state index is 0.0570. The van der Waals surface area contributed by atoms with Crippen molar-refractivity contribution in [1.29, 1.82) is 0 Å². The van der Waals surface area contributed by atoms with Gasteiger partial charge in [0.1, 0.15) is 0 Å². The van der Waals surface area contributed by atoms with Crippen molar-refractivity contribution in [2.75, 3.05) is 25.5 Å². The molecule has 0 heterocycles. The lowest BCUT2D eigenvalue weighted by Crippen LogP contribution is -2.26. The Labute approximate surface area is 198 Å². The number of hydrogen-bond donors (Lipinski definition) is 2. The Bertz CT molecular complexity index is 1260. The molecule has 3 aromatic carbocycles. The minimum atomic E-state index is -3.90. The Kier molecular flexibility index (Phi) is 7.84. The maximum Gasteiger partial charge on any atom is 0.261 e. The van der Waals surface area contributed by atoms with Crippen molar-refractivity contribution < 1.29 is 22.7 Å². The maximum atomic E-state index is 12.8. The number of anilines is 1. The standard InChI is InChI=1S/C24H25ClN2O5S/c1-16-5-4-6-18(13-16)27-33(29,30)19-8-9-21(25)20(15-19)24(28)26-12-11-17-7-10-22(31-2)23(14-17)32-3/h4-10,13-15,27H,11-12H2,1-3H3,(H,26,28). The molecule has 0 aliphatic carbocycles. The number of rotatable bonds is 9. The zero-order chi connectivity index (χ0) is 24.0. The highest BCUT2D eigenvalue weighted by Crippen LogP contribution is 2.28. The van der Waals surface area contributed by atoms with Crippen LogP contribution in [-0.2, 0) is 16.4 Å². The largest absolute Gasteiger partial charge is 0.493 e. The number of methoxy groups -OCH3 is 2. The Hall–Kier alpha value is -3.23. The summed E-state index contributed by atoms with van der Waals surface area (Å²) in [6, 6.07) is 16.5. The highest BCUT2D eigenvalue weighted by Gasteiger charge is 2.19. The quantitative estimate of drug-likeness (QED) is 0.464. The van der Waals surface area contributed by atoms with E-state index in [9.17, 15) is 13.2 Å². The molecule has 2 N–H and O–H groups in total. The van der Waals surface area contributed by atoms with Gasteiger partial charge in [-0.2, -0.15) is 0 Å².